The van der Waals surface area contributed by atoms with E-state index in [1.54, 1.807) is 18.2 Å². The van der Waals surface area contributed by atoms with Gasteiger partial charge in [-0.25, -0.2) is 0 Å². The minimum atomic E-state index is -4.49. The highest BCUT2D eigenvalue weighted by Crippen LogP contribution is 2.32. The third-order valence-electron chi connectivity index (χ3n) is 4.39. The number of methoxy groups -OCH3 is 3. The molecular weight excluding hydrogens is 417 g/mol. The number of rotatable bonds is 9. The van der Waals surface area contributed by atoms with E-state index >= 15 is 0 Å². The van der Waals surface area contributed by atoms with Gasteiger partial charge in [0.2, 0.25) is 5.91 Å². The molecule has 10 heteroatoms. The number of carbonyl (C=O) groups is 2. The van der Waals surface area contributed by atoms with E-state index in [9.17, 15) is 22.8 Å². The largest absolute Gasteiger partial charge is 0.493 e. The Balaban J connectivity index is 2.12. The van der Waals surface area contributed by atoms with Crippen molar-refractivity contribution < 1.29 is 37.0 Å². The number of alkyl halides is 3. The summed E-state index contributed by atoms with van der Waals surface area (Å²) in [5.41, 5.74) is -0.122. The molecule has 2 aromatic carbocycles. The van der Waals surface area contributed by atoms with Crippen LogP contribution in [0.5, 0.6) is 11.5 Å². The fourth-order valence-electron chi connectivity index (χ4n) is 2.80. The van der Waals surface area contributed by atoms with Crippen molar-refractivity contribution in [3.8, 4) is 11.5 Å². The van der Waals surface area contributed by atoms with Gasteiger partial charge >= 0.3 is 12.1 Å². The Morgan fingerprint density at radius 3 is 2.32 bits per heavy atom. The van der Waals surface area contributed by atoms with Gasteiger partial charge in [-0.15, -0.1) is 0 Å². The number of hydrogen-bond acceptors (Lipinski definition) is 6. The van der Waals surface area contributed by atoms with Crippen LogP contribution in [0.3, 0.4) is 0 Å². The van der Waals surface area contributed by atoms with Crippen molar-refractivity contribution in [3.63, 3.8) is 0 Å². The number of carbonyl (C=O) groups excluding carboxylic acids is 2. The Hall–Kier alpha value is -3.43. The van der Waals surface area contributed by atoms with Gasteiger partial charge in [-0.05, 0) is 35.9 Å². The van der Waals surface area contributed by atoms with E-state index in [-0.39, 0.29) is 18.7 Å². The summed E-state index contributed by atoms with van der Waals surface area (Å²) in [5, 5.41) is 5.33. The molecule has 0 aliphatic heterocycles. The summed E-state index contributed by atoms with van der Waals surface area (Å²) in [6.45, 7) is -0.299. The highest BCUT2D eigenvalue weighted by Gasteiger charge is 2.30. The number of nitrogens with one attached hydrogen (secondary N) is 2. The molecule has 1 unspecified atom stereocenters. The molecule has 2 rings (SSSR count). The maximum atomic E-state index is 12.8. The summed E-state index contributed by atoms with van der Waals surface area (Å²) in [6.07, 6.45) is -4.64. The highest BCUT2D eigenvalue weighted by molar-refractivity contribution is 5.82. The Labute approximate surface area is 177 Å². The lowest BCUT2D eigenvalue weighted by molar-refractivity contribution is -0.141. The summed E-state index contributed by atoms with van der Waals surface area (Å²) < 4.78 is 53.6. The van der Waals surface area contributed by atoms with Crippen molar-refractivity contribution >= 4 is 17.6 Å². The molecule has 31 heavy (non-hydrogen) atoms. The summed E-state index contributed by atoms with van der Waals surface area (Å²) in [6, 6.07) is 8.68. The van der Waals surface area contributed by atoms with Gasteiger partial charge in [-0.3, -0.25) is 9.59 Å². The second-order valence-corrected chi connectivity index (χ2v) is 6.45. The molecule has 0 saturated heterocycles. The number of hydrogen-bond donors (Lipinski definition) is 2. The van der Waals surface area contributed by atoms with Crippen molar-refractivity contribution in [2.24, 2.45) is 0 Å². The van der Waals surface area contributed by atoms with E-state index < -0.39 is 29.7 Å². The number of benzene rings is 2. The molecule has 0 radical (unpaired) electrons. The van der Waals surface area contributed by atoms with Gasteiger partial charge in [0, 0.05) is 5.69 Å². The molecule has 168 valence electrons. The Morgan fingerprint density at radius 2 is 1.71 bits per heavy atom. The SMILES string of the molecule is COC(=O)CC(NC(=O)CNc1cccc(C(F)(F)F)c1)c1ccc(OC)c(OC)c1. The smallest absolute Gasteiger partial charge is 0.416 e. The third kappa shape index (κ3) is 6.80. The molecule has 0 heterocycles. The average molecular weight is 440 g/mol. The molecule has 0 aliphatic carbocycles. The van der Waals surface area contributed by atoms with Crippen LogP contribution in [0, 0.1) is 0 Å². The standard InChI is InChI=1S/C21H23F3N2O5/c1-29-17-8-7-13(9-18(17)30-2)16(11-20(28)31-3)26-19(27)12-25-15-6-4-5-14(10-15)21(22,23)24/h4-10,16,25H,11-12H2,1-3H3,(H,26,27). The van der Waals surface area contributed by atoms with Gasteiger partial charge in [0.15, 0.2) is 11.5 Å². The third-order valence-corrected chi connectivity index (χ3v) is 4.39. The second-order valence-electron chi connectivity index (χ2n) is 6.45. The van der Waals surface area contributed by atoms with Crippen LogP contribution in [-0.2, 0) is 20.5 Å². The van der Waals surface area contributed by atoms with Crippen molar-refractivity contribution in [2.75, 3.05) is 33.2 Å². The van der Waals surface area contributed by atoms with Gasteiger partial charge < -0.3 is 24.8 Å². The summed E-state index contributed by atoms with van der Waals surface area (Å²) >= 11 is 0. The maximum absolute atomic E-state index is 12.8. The molecular formula is C21H23F3N2O5. The summed E-state index contributed by atoms with van der Waals surface area (Å²) in [7, 11) is 4.16. The number of amides is 1. The first-order chi connectivity index (χ1) is 14.7. The molecule has 0 spiro atoms. The van der Waals surface area contributed by atoms with E-state index in [0.29, 0.717) is 17.1 Å². The van der Waals surface area contributed by atoms with Crippen LogP contribution in [0.25, 0.3) is 0 Å². The number of ether oxygens (including phenoxy) is 3. The maximum Gasteiger partial charge on any atom is 0.416 e. The van der Waals surface area contributed by atoms with Crippen LogP contribution in [0.15, 0.2) is 42.5 Å². The fraction of sp³-hybridized carbons (Fsp3) is 0.333. The predicted octanol–water partition coefficient (Wildman–Crippen LogP) is 3.56. The fourth-order valence-corrected chi connectivity index (χ4v) is 2.80. The van der Waals surface area contributed by atoms with Crippen LogP contribution in [0.4, 0.5) is 18.9 Å². The molecule has 0 aliphatic rings. The number of anilines is 1. The first-order valence-electron chi connectivity index (χ1n) is 9.17. The van der Waals surface area contributed by atoms with Crippen LogP contribution in [-0.4, -0.2) is 39.8 Å². The Kier molecular flexibility index (Phi) is 8.12. The Bertz CT molecular complexity index is 918. The number of esters is 1. The zero-order valence-corrected chi connectivity index (χ0v) is 17.2. The molecule has 0 aromatic heterocycles. The van der Waals surface area contributed by atoms with Crippen molar-refractivity contribution in [1.29, 1.82) is 0 Å². The minimum Gasteiger partial charge on any atom is -0.493 e. The van der Waals surface area contributed by atoms with Crippen molar-refractivity contribution in [1.82, 2.24) is 5.32 Å². The quantitative estimate of drug-likeness (QED) is 0.580. The first kappa shape index (κ1) is 23.8. The lowest BCUT2D eigenvalue weighted by Gasteiger charge is -2.20. The van der Waals surface area contributed by atoms with E-state index in [4.69, 9.17) is 14.2 Å². The van der Waals surface area contributed by atoms with Crippen LogP contribution < -0.4 is 20.1 Å². The zero-order chi connectivity index (χ0) is 23.0. The second kappa shape index (κ2) is 10.6. The molecule has 7 nitrogen and oxygen atoms in total. The zero-order valence-electron chi connectivity index (χ0n) is 17.2. The van der Waals surface area contributed by atoms with Gasteiger partial charge in [0.05, 0.1) is 45.9 Å². The van der Waals surface area contributed by atoms with Gasteiger partial charge in [0.1, 0.15) is 0 Å². The van der Waals surface area contributed by atoms with E-state index in [2.05, 4.69) is 10.6 Å². The topological polar surface area (TPSA) is 85.9 Å². The summed E-state index contributed by atoms with van der Waals surface area (Å²) in [5.74, 6) is -0.196. The normalized spacial score (nSPS) is 11.9. The van der Waals surface area contributed by atoms with Crippen LogP contribution >= 0.6 is 0 Å². The van der Waals surface area contributed by atoms with Crippen molar-refractivity contribution in [3.05, 3.63) is 53.6 Å². The lowest BCUT2D eigenvalue weighted by atomic mass is 10.0. The lowest BCUT2D eigenvalue weighted by Crippen LogP contribution is -2.34. The van der Waals surface area contributed by atoms with Crippen LogP contribution in [0.1, 0.15) is 23.6 Å². The van der Waals surface area contributed by atoms with Gasteiger partial charge in [-0.1, -0.05) is 12.1 Å². The van der Waals surface area contributed by atoms with Crippen molar-refractivity contribution in [2.45, 2.75) is 18.6 Å². The molecule has 0 fully saturated rings. The molecule has 0 bridgehead atoms. The molecule has 1 atom stereocenters. The van der Waals surface area contributed by atoms with Gasteiger partial charge in [0.25, 0.3) is 0 Å². The molecule has 1 amide bonds. The first-order valence-corrected chi connectivity index (χ1v) is 9.17. The van der Waals surface area contributed by atoms with Crippen LogP contribution in [0.2, 0.25) is 0 Å². The molecule has 2 aromatic rings. The predicted molar refractivity (Wildman–Crippen MR) is 107 cm³/mol. The minimum absolute atomic E-state index is 0.139. The monoisotopic (exact) mass is 440 g/mol. The van der Waals surface area contributed by atoms with E-state index in [1.165, 1.54) is 33.5 Å². The molecule has 2 N–H and O–H groups in total. The van der Waals surface area contributed by atoms with E-state index in [0.717, 1.165) is 12.1 Å². The van der Waals surface area contributed by atoms with Gasteiger partial charge in [-0.2, -0.15) is 13.2 Å². The highest BCUT2D eigenvalue weighted by atomic mass is 19.4. The molecule has 0 saturated carbocycles. The number of halogens is 3. The average Bonchev–Trinajstić information content (AvgIpc) is 2.76. The Morgan fingerprint density at radius 1 is 1.00 bits per heavy atom. The summed E-state index contributed by atoms with van der Waals surface area (Å²) in [4.78, 5) is 24.2. The van der Waals surface area contributed by atoms with E-state index in [1.807, 2.05) is 0 Å².